The molecule has 5 heteroatoms. The van der Waals surface area contributed by atoms with Gasteiger partial charge in [-0.1, -0.05) is 38.1 Å². The van der Waals surface area contributed by atoms with Crippen molar-refractivity contribution in [3.05, 3.63) is 35.4 Å². The van der Waals surface area contributed by atoms with E-state index >= 15 is 0 Å². The van der Waals surface area contributed by atoms with Crippen molar-refractivity contribution in [3.8, 4) is 0 Å². The van der Waals surface area contributed by atoms with Gasteiger partial charge in [-0.3, -0.25) is 4.79 Å². The molecule has 1 aliphatic rings. The van der Waals surface area contributed by atoms with Gasteiger partial charge in [-0.2, -0.15) is 0 Å². The first-order valence-corrected chi connectivity index (χ1v) is 7.67. The zero-order valence-corrected chi connectivity index (χ0v) is 13.4. The van der Waals surface area contributed by atoms with Crippen LogP contribution in [0.4, 0.5) is 4.79 Å². The summed E-state index contributed by atoms with van der Waals surface area (Å²) in [6, 6.07) is 7.98. The van der Waals surface area contributed by atoms with Crippen LogP contribution in [0.25, 0.3) is 0 Å². The van der Waals surface area contributed by atoms with E-state index in [1.165, 1.54) is 5.56 Å². The topological polar surface area (TPSA) is 69.6 Å². The van der Waals surface area contributed by atoms with Crippen LogP contribution >= 0.6 is 0 Å². The molecule has 22 heavy (non-hydrogen) atoms. The maximum Gasteiger partial charge on any atom is 0.317 e. The Bertz CT molecular complexity index is 554. The van der Waals surface area contributed by atoms with Gasteiger partial charge >= 0.3 is 12.0 Å². The lowest BCUT2D eigenvalue weighted by Crippen LogP contribution is -2.40. The number of carboxylic acid groups (broad SMARTS) is 1. The Kier molecular flexibility index (Phi) is 4.74. The fourth-order valence-electron chi connectivity index (χ4n) is 2.62. The minimum absolute atomic E-state index is 0.196. The van der Waals surface area contributed by atoms with Crippen LogP contribution < -0.4 is 5.32 Å². The molecule has 5 nitrogen and oxygen atoms in total. The molecule has 0 spiro atoms. The Hall–Kier alpha value is -2.04. The Morgan fingerprint density at radius 1 is 1.32 bits per heavy atom. The molecule has 0 saturated carbocycles. The molecule has 0 aromatic heterocycles. The van der Waals surface area contributed by atoms with E-state index in [4.69, 9.17) is 0 Å². The van der Waals surface area contributed by atoms with Crippen molar-refractivity contribution in [1.29, 1.82) is 0 Å². The number of nitrogens with zero attached hydrogens (tertiary/aromatic N) is 1. The van der Waals surface area contributed by atoms with Gasteiger partial charge in [-0.15, -0.1) is 0 Å². The first-order chi connectivity index (χ1) is 10.3. The van der Waals surface area contributed by atoms with Gasteiger partial charge in [0.2, 0.25) is 0 Å². The van der Waals surface area contributed by atoms with Crippen molar-refractivity contribution in [1.82, 2.24) is 10.2 Å². The first kappa shape index (κ1) is 16.3. The number of amides is 2. The largest absolute Gasteiger partial charge is 0.481 e. The van der Waals surface area contributed by atoms with E-state index < -0.39 is 11.4 Å². The van der Waals surface area contributed by atoms with E-state index in [0.717, 1.165) is 5.56 Å². The van der Waals surface area contributed by atoms with Crippen LogP contribution in [-0.2, 0) is 11.3 Å². The molecule has 1 heterocycles. The number of hydrogen-bond acceptors (Lipinski definition) is 2. The summed E-state index contributed by atoms with van der Waals surface area (Å²) in [7, 11) is 0. The maximum absolute atomic E-state index is 12.1. The second-order valence-electron chi connectivity index (χ2n) is 6.59. The number of rotatable bonds is 4. The molecule has 2 rings (SSSR count). The van der Waals surface area contributed by atoms with Crippen LogP contribution in [0.2, 0.25) is 0 Å². The summed E-state index contributed by atoms with van der Waals surface area (Å²) in [5.74, 6) is -0.353. The van der Waals surface area contributed by atoms with E-state index in [1.807, 2.05) is 12.1 Å². The molecule has 1 unspecified atom stereocenters. The summed E-state index contributed by atoms with van der Waals surface area (Å²) in [6.45, 7) is 7.18. The van der Waals surface area contributed by atoms with Crippen molar-refractivity contribution in [3.63, 3.8) is 0 Å². The molecule has 1 aromatic carbocycles. The number of carboxylic acids is 1. The molecule has 0 bridgehead atoms. The Morgan fingerprint density at radius 2 is 1.95 bits per heavy atom. The predicted octanol–water partition coefficient (Wildman–Crippen LogP) is 2.82. The van der Waals surface area contributed by atoms with Gasteiger partial charge in [0.05, 0.1) is 5.41 Å². The van der Waals surface area contributed by atoms with Crippen LogP contribution in [0.3, 0.4) is 0 Å². The zero-order valence-electron chi connectivity index (χ0n) is 13.4. The lowest BCUT2D eigenvalue weighted by Gasteiger charge is -2.20. The molecule has 1 atom stereocenters. The molecule has 2 N–H and O–H groups in total. The smallest absolute Gasteiger partial charge is 0.317 e. The van der Waals surface area contributed by atoms with Gasteiger partial charge in [-0.25, -0.2) is 4.79 Å². The second-order valence-corrected chi connectivity index (χ2v) is 6.59. The minimum atomic E-state index is -0.841. The highest BCUT2D eigenvalue weighted by atomic mass is 16.4. The minimum Gasteiger partial charge on any atom is -0.481 e. The number of carbonyl (C=O) groups excluding carboxylic acids is 1. The Morgan fingerprint density at radius 3 is 2.45 bits per heavy atom. The van der Waals surface area contributed by atoms with Gasteiger partial charge in [0, 0.05) is 19.6 Å². The standard InChI is InChI=1S/C17H24N2O3/c1-12(2)14-6-4-13(5-7-14)10-18-16(22)19-9-8-17(3,11-19)15(20)21/h4-7,12H,8-11H2,1-3H3,(H,18,22)(H,20,21). The molecular formula is C17H24N2O3. The van der Waals surface area contributed by atoms with Gasteiger partial charge in [0.1, 0.15) is 0 Å². The van der Waals surface area contributed by atoms with Gasteiger partial charge in [0.25, 0.3) is 0 Å². The average Bonchev–Trinajstić information content (AvgIpc) is 2.89. The third kappa shape index (κ3) is 3.59. The molecule has 1 aliphatic heterocycles. The highest BCUT2D eigenvalue weighted by Crippen LogP contribution is 2.30. The van der Waals surface area contributed by atoms with Crippen molar-refractivity contribution >= 4 is 12.0 Å². The number of likely N-dealkylation sites (tertiary alicyclic amines) is 1. The second kappa shape index (κ2) is 6.38. The quantitative estimate of drug-likeness (QED) is 0.898. The van der Waals surface area contributed by atoms with E-state index in [-0.39, 0.29) is 12.6 Å². The van der Waals surface area contributed by atoms with Crippen molar-refractivity contribution in [2.75, 3.05) is 13.1 Å². The molecule has 1 saturated heterocycles. The van der Waals surface area contributed by atoms with Crippen molar-refractivity contribution in [2.24, 2.45) is 5.41 Å². The molecule has 120 valence electrons. The third-order valence-corrected chi connectivity index (χ3v) is 4.37. The highest BCUT2D eigenvalue weighted by molar-refractivity contribution is 5.79. The highest BCUT2D eigenvalue weighted by Gasteiger charge is 2.42. The normalized spacial score (nSPS) is 21.2. The molecule has 0 radical (unpaired) electrons. The van der Waals surface area contributed by atoms with Gasteiger partial charge in [-0.05, 0) is 30.4 Å². The summed E-state index contributed by atoms with van der Waals surface area (Å²) >= 11 is 0. The third-order valence-electron chi connectivity index (χ3n) is 4.37. The van der Waals surface area contributed by atoms with Crippen LogP contribution in [0.1, 0.15) is 44.2 Å². The molecule has 1 fully saturated rings. The Labute approximate surface area is 131 Å². The number of carbonyl (C=O) groups is 2. The van der Waals surface area contributed by atoms with Crippen molar-refractivity contribution in [2.45, 2.75) is 39.7 Å². The maximum atomic E-state index is 12.1. The molecule has 1 aromatic rings. The summed E-state index contributed by atoms with van der Waals surface area (Å²) in [5, 5.41) is 12.1. The predicted molar refractivity (Wildman–Crippen MR) is 84.7 cm³/mol. The van der Waals surface area contributed by atoms with Gasteiger partial charge < -0.3 is 15.3 Å². The monoisotopic (exact) mass is 304 g/mol. The summed E-state index contributed by atoms with van der Waals surface area (Å²) < 4.78 is 0. The molecule has 0 aliphatic carbocycles. The van der Waals surface area contributed by atoms with Crippen LogP contribution in [-0.4, -0.2) is 35.1 Å². The van der Waals surface area contributed by atoms with Crippen LogP contribution in [0, 0.1) is 5.41 Å². The number of urea groups is 1. The lowest BCUT2D eigenvalue weighted by atomic mass is 9.90. The van der Waals surface area contributed by atoms with E-state index in [2.05, 4.69) is 31.3 Å². The van der Waals surface area contributed by atoms with Crippen LogP contribution in [0.5, 0.6) is 0 Å². The fraction of sp³-hybridized carbons (Fsp3) is 0.529. The number of nitrogens with one attached hydrogen (secondary N) is 1. The zero-order chi connectivity index (χ0) is 16.3. The van der Waals surface area contributed by atoms with Gasteiger partial charge in [0.15, 0.2) is 0 Å². The lowest BCUT2D eigenvalue weighted by molar-refractivity contribution is -0.146. The first-order valence-electron chi connectivity index (χ1n) is 7.67. The number of hydrogen-bond donors (Lipinski definition) is 2. The molecular weight excluding hydrogens is 280 g/mol. The van der Waals surface area contributed by atoms with Crippen molar-refractivity contribution < 1.29 is 14.7 Å². The summed E-state index contributed by atoms with van der Waals surface area (Å²) in [5.41, 5.74) is 1.49. The Balaban J connectivity index is 1.87. The summed E-state index contributed by atoms with van der Waals surface area (Å²) in [4.78, 5) is 24.9. The van der Waals surface area contributed by atoms with E-state index in [0.29, 0.717) is 25.4 Å². The number of benzene rings is 1. The molecule has 2 amide bonds. The van der Waals surface area contributed by atoms with E-state index in [1.54, 1.807) is 11.8 Å². The average molecular weight is 304 g/mol. The fourth-order valence-corrected chi connectivity index (χ4v) is 2.62. The number of aliphatic carboxylic acids is 1. The summed E-state index contributed by atoms with van der Waals surface area (Å²) in [6.07, 6.45) is 0.499. The van der Waals surface area contributed by atoms with Crippen LogP contribution in [0.15, 0.2) is 24.3 Å². The SMILES string of the molecule is CC(C)c1ccc(CNC(=O)N2CCC(C)(C(=O)O)C2)cc1. The van der Waals surface area contributed by atoms with E-state index in [9.17, 15) is 14.7 Å².